The number of likely N-dealkylation sites (tertiary alicyclic amines) is 1. The van der Waals surface area contributed by atoms with Gasteiger partial charge >= 0.3 is 0 Å². The fourth-order valence-electron chi connectivity index (χ4n) is 3.87. The quantitative estimate of drug-likeness (QED) is 0.836. The van der Waals surface area contributed by atoms with E-state index in [1.54, 1.807) is 29.2 Å². The summed E-state index contributed by atoms with van der Waals surface area (Å²) < 4.78 is 41.5. The van der Waals surface area contributed by atoms with Crippen LogP contribution in [0.15, 0.2) is 47.4 Å². The minimum atomic E-state index is -3.96. The van der Waals surface area contributed by atoms with Gasteiger partial charge in [0.05, 0.1) is 16.1 Å². The molecule has 2 aromatic rings. The van der Waals surface area contributed by atoms with Crippen LogP contribution in [0.1, 0.15) is 36.2 Å². The predicted molar refractivity (Wildman–Crippen MR) is 107 cm³/mol. The second-order valence-corrected chi connectivity index (χ2v) is 9.37. The lowest BCUT2D eigenvalue weighted by Gasteiger charge is -2.35. The van der Waals surface area contributed by atoms with Crippen LogP contribution < -0.4 is 4.72 Å². The number of hydrogen-bond donors (Lipinski definition) is 1. The Labute approximate surface area is 165 Å². The molecule has 1 amide bonds. The molecule has 1 fully saturated rings. The Kier molecular flexibility index (Phi) is 5.74. The van der Waals surface area contributed by atoms with Crippen LogP contribution in [-0.2, 0) is 10.0 Å². The number of para-hydroxylation sites is 1. The van der Waals surface area contributed by atoms with Crippen molar-refractivity contribution in [2.45, 2.75) is 32.1 Å². The highest BCUT2D eigenvalue weighted by molar-refractivity contribution is 7.92. The highest BCUT2D eigenvalue weighted by Gasteiger charge is 2.28. The molecule has 0 bridgehead atoms. The Morgan fingerprint density at radius 3 is 2.39 bits per heavy atom. The third kappa shape index (κ3) is 4.35. The van der Waals surface area contributed by atoms with Gasteiger partial charge in [-0.25, -0.2) is 12.8 Å². The molecule has 0 spiro atoms. The minimum Gasteiger partial charge on any atom is -0.338 e. The molecule has 0 saturated carbocycles. The molecular weight excluding hydrogens is 379 g/mol. The summed E-state index contributed by atoms with van der Waals surface area (Å²) in [5.41, 5.74) is 0.837. The molecule has 1 heterocycles. The summed E-state index contributed by atoms with van der Waals surface area (Å²) in [5, 5.41) is 0. The van der Waals surface area contributed by atoms with Crippen LogP contribution >= 0.6 is 0 Å². The summed E-state index contributed by atoms with van der Waals surface area (Å²) in [4.78, 5) is 14.9. The van der Waals surface area contributed by atoms with E-state index in [0.717, 1.165) is 12.5 Å². The van der Waals surface area contributed by atoms with Gasteiger partial charge in [-0.2, -0.15) is 0 Å². The van der Waals surface area contributed by atoms with E-state index in [1.807, 2.05) is 0 Å². The Hall–Kier alpha value is -2.41. The number of nitrogens with zero attached hydrogens (tertiary/aromatic N) is 1. The van der Waals surface area contributed by atoms with E-state index < -0.39 is 15.8 Å². The summed E-state index contributed by atoms with van der Waals surface area (Å²) in [6.45, 7) is 7.07. The van der Waals surface area contributed by atoms with Crippen molar-refractivity contribution in [2.24, 2.45) is 11.8 Å². The first-order valence-electron chi connectivity index (χ1n) is 9.34. The van der Waals surface area contributed by atoms with Crippen LogP contribution in [0.4, 0.5) is 10.1 Å². The molecule has 0 aromatic heterocycles. The zero-order chi connectivity index (χ0) is 20.5. The number of piperidine rings is 1. The first kappa shape index (κ1) is 20.3. The smallest absolute Gasteiger partial charge is 0.262 e. The molecule has 1 N–H and O–H groups in total. The van der Waals surface area contributed by atoms with Gasteiger partial charge in [-0.15, -0.1) is 0 Å². The molecule has 1 aliphatic heterocycles. The van der Waals surface area contributed by atoms with Crippen molar-refractivity contribution in [1.82, 2.24) is 4.90 Å². The first-order valence-corrected chi connectivity index (χ1v) is 10.8. The average molecular weight is 405 g/mol. The van der Waals surface area contributed by atoms with Gasteiger partial charge < -0.3 is 4.90 Å². The van der Waals surface area contributed by atoms with Crippen LogP contribution in [0.3, 0.4) is 0 Å². The maximum absolute atomic E-state index is 13.3. The zero-order valence-electron chi connectivity index (χ0n) is 16.3. The maximum atomic E-state index is 13.3. The molecule has 0 radical (unpaired) electrons. The molecule has 5 nitrogen and oxygen atoms in total. The van der Waals surface area contributed by atoms with Gasteiger partial charge in [0.15, 0.2) is 0 Å². The Morgan fingerprint density at radius 1 is 1.11 bits per heavy atom. The van der Waals surface area contributed by atoms with Crippen molar-refractivity contribution < 1.29 is 17.6 Å². The van der Waals surface area contributed by atoms with Gasteiger partial charge in [-0.3, -0.25) is 9.52 Å². The van der Waals surface area contributed by atoms with Crippen molar-refractivity contribution in [1.29, 1.82) is 0 Å². The summed E-state index contributed by atoms with van der Waals surface area (Å²) in [5.74, 6) is 0.115. The molecule has 1 aliphatic rings. The second kappa shape index (κ2) is 7.91. The predicted octanol–water partition coefficient (Wildman–Crippen LogP) is 4.05. The van der Waals surface area contributed by atoms with Gasteiger partial charge in [0.25, 0.3) is 15.9 Å². The van der Waals surface area contributed by atoms with Crippen molar-refractivity contribution >= 4 is 21.6 Å². The summed E-state index contributed by atoms with van der Waals surface area (Å²) >= 11 is 0. The number of aryl methyl sites for hydroxylation is 1. The number of benzene rings is 2. The average Bonchev–Trinajstić information content (AvgIpc) is 2.60. The van der Waals surface area contributed by atoms with E-state index in [-0.39, 0.29) is 16.5 Å². The number of amides is 1. The van der Waals surface area contributed by atoms with Gasteiger partial charge in [-0.1, -0.05) is 26.0 Å². The van der Waals surface area contributed by atoms with Crippen LogP contribution in [0.2, 0.25) is 0 Å². The maximum Gasteiger partial charge on any atom is 0.262 e. The van der Waals surface area contributed by atoms with Crippen molar-refractivity contribution in [2.75, 3.05) is 17.8 Å². The Balaban J connectivity index is 1.91. The van der Waals surface area contributed by atoms with E-state index in [2.05, 4.69) is 18.6 Å². The normalized spacial score (nSPS) is 20.1. The highest BCUT2D eigenvalue weighted by Crippen LogP contribution is 2.27. The fourth-order valence-corrected chi connectivity index (χ4v) is 5.18. The van der Waals surface area contributed by atoms with Crippen LogP contribution in [0, 0.1) is 24.6 Å². The summed E-state index contributed by atoms with van der Waals surface area (Å²) in [6, 6.07) is 10.1. The SMILES string of the molecule is Cc1cc(F)ccc1S(=O)(=O)Nc1ccccc1C(=O)N1C[C@H](C)C[C@@H](C)C1. The third-order valence-electron chi connectivity index (χ3n) is 4.98. The minimum absolute atomic E-state index is 0.0173. The Morgan fingerprint density at radius 2 is 1.75 bits per heavy atom. The molecule has 0 aliphatic carbocycles. The zero-order valence-corrected chi connectivity index (χ0v) is 17.1. The van der Waals surface area contributed by atoms with Crippen LogP contribution in [0.25, 0.3) is 0 Å². The van der Waals surface area contributed by atoms with Crippen molar-refractivity contribution in [3.05, 3.63) is 59.4 Å². The molecule has 150 valence electrons. The van der Waals surface area contributed by atoms with Crippen LogP contribution in [0.5, 0.6) is 0 Å². The standard InChI is InChI=1S/C21H25FN2O3S/c1-14-10-15(2)13-24(12-14)21(25)18-6-4-5-7-19(18)23-28(26,27)20-9-8-17(22)11-16(20)3/h4-9,11,14-15,23H,10,12-13H2,1-3H3/t14-,15-/m1/s1. The highest BCUT2D eigenvalue weighted by atomic mass is 32.2. The number of rotatable bonds is 4. The van der Waals surface area contributed by atoms with E-state index in [4.69, 9.17) is 0 Å². The molecule has 7 heteroatoms. The number of nitrogens with one attached hydrogen (secondary N) is 1. The number of anilines is 1. The van der Waals surface area contributed by atoms with E-state index >= 15 is 0 Å². The number of carbonyl (C=O) groups excluding carboxylic acids is 1. The van der Waals surface area contributed by atoms with Crippen molar-refractivity contribution in [3.63, 3.8) is 0 Å². The van der Waals surface area contributed by atoms with Crippen LogP contribution in [-0.4, -0.2) is 32.3 Å². The molecular formula is C21H25FN2O3S. The number of sulfonamides is 1. The lowest BCUT2D eigenvalue weighted by Crippen LogP contribution is -2.42. The second-order valence-electron chi connectivity index (χ2n) is 7.72. The lowest BCUT2D eigenvalue weighted by molar-refractivity contribution is 0.0624. The third-order valence-corrected chi connectivity index (χ3v) is 6.51. The molecule has 0 unspecified atom stereocenters. The van der Waals surface area contributed by atoms with Gasteiger partial charge in [0.2, 0.25) is 0 Å². The van der Waals surface area contributed by atoms with Crippen molar-refractivity contribution in [3.8, 4) is 0 Å². The molecule has 2 atom stereocenters. The van der Waals surface area contributed by atoms with Gasteiger partial charge in [0, 0.05) is 13.1 Å². The number of halogens is 1. The summed E-state index contributed by atoms with van der Waals surface area (Å²) in [7, 11) is -3.96. The fraction of sp³-hybridized carbons (Fsp3) is 0.381. The van der Waals surface area contributed by atoms with E-state index in [1.165, 1.54) is 19.1 Å². The molecule has 1 saturated heterocycles. The molecule has 28 heavy (non-hydrogen) atoms. The topological polar surface area (TPSA) is 66.5 Å². The number of carbonyl (C=O) groups is 1. The summed E-state index contributed by atoms with van der Waals surface area (Å²) in [6.07, 6.45) is 1.07. The van der Waals surface area contributed by atoms with E-state index in [9.17, 15) is 17.6 Å². The van der Waals surface area contributed by atoms with E-state index in [0.29, 0.717) is 36.1 Å². The molecule has 2 aromatic carbocycles. The Bertz CT molecular complexity index is 981. The van der Waals surface area contributed by atoms with Gasteiger partial charge in [0.1, 0.15) is 5.82 Å². The molecule has 3 rings (SSSR count). The monoisotopic (exact) mass is 404 g/mol. The largest absolute Gasteiger partial charge is 0.338 e. The lowest BCUT2D eigenvalue weighted by atomic mass is 9.91. The number of hydrogen-bond acceptors (Lipinski definition) is 3. The first-order chi connectivity index (χ1) is 13.2. The van der Waals surface area contributed by atoms with Gasteiger partial charge in [-0.05, 0) is 61.1 Å².